The number of fused-ring (bicyclic) bond motifs is 1. The van der Waals surface area contributed by atoms with E-state index in [1.165, 1.54) is 0 Å². The molecule has 0 bridgehead atoms. The van der Waals surface area contributed by atoms with Gasteiger partial charge in [-0.2, -0.15) is 0 Å². The Labute approximate surface area is 192 Å². The van der Waals surface area contributed by atoms with Gasteiger partial charge in [-0.05, 0) is 55.2 Å². The normalized spacial score (nSPS) is 19.8. The van der Waals surface area contributed by atoms with Crippen LogP contribution in [0, 0.1) is 5.92 Å². The minimum absolute atomic E-state index is 0.0623. The molecule has 3 heterocycles. The first kappa shape index (κ1) is 21.0. The lowest BCUT2D eigenvalue weighted by Gasteiger charge is -2.30. The van der Waals surface area contributed by atoms with E-state index in [9.17, 15) is 9.59 Å². The number of halogens is 1. The number of nitrogens with zero attached hydrogens (tertiary/aromatic N) is 4. The minimum Gasteiger partial charge on any atom is -0.341 e. The molecule has 7 heteroatoms. The van der Waals surface area contributed by atoms with Gasteiger partial charge < -0.3 is 14.4 Å². The van der Waals surface area contributed by atoms with Gasteiger partial charge in [-0.1, -0.05) is 30.7 Å². The molecule has 0 N–H and O–H groups in total. The predicted octanol–water partition coefficient (Wildman–Crippen LogP) is 4.47. The number of likely N-dealkylation sites (tertiary alicyclic amines) is 1. The van der Waals surface area contributed by atoms with Gasteiger partial charge in [-0.25, -0.2) is 4.98 Å². The quantitative estimate of drug-likeness (QED) is 0.589. The van der Waals surface area contributed by atoms with Crippen molar-refractivity contribution in [2.24, 2.45) is 5.92 Å². The monoisotopic (exact) mass is 450 g/mol. The zero-order valence-corrected chi connectivity index (χ0v) is 19.0. The number of amides is 2. The van der Waals surface area contributed by atoms with Gasteiger partial charge in [0.1, 0.15) is 12.4 Å². The molecule has 2 aliphatic rings. The van der Waals surface area contributed by atoms with Crippen LogP contribution in [0.15, 0.2) is 48.5 Å². The average Bonchev–Trinajstić information content (AvgIpc) is 3.35. The number of carbonyl (C=O) groups is 2. The lowest BCUT2D eigenvalue weighted by Crippen LogP contribution is -2.40. The molecule has 1 atom stereocenters. The van der Waals surface area contributed by atoms with Crippen molar-refractivity contribution >= 4 is 40.1 Å². The minimum atomic E-state index is -0.0697. The second-order valence-electron chi connectivity index (χ2n) is 8.99. The van der Waals surface area contributed by atoms with Crippen molar-refractivity contribution in [1.29, 1.82) is 0 Å². The first-order valence-electron chi connectivity index (χ1n) is 11.3. The number of benzene rings is 2. The van der Waals surface area contributed by atoms with Crippen LogP contribution in [-0.4, -0.2) is 45.9 Å². The SMILES string of the molecule is CC1CCN(C(=O)Cn2c(C3CC(=O)N(c4ccc(Cl)cc4)C3)nc3ccccc32)CC1. The lowest BCUT2D eigenvalue weighted by molar-refractivity contribution is -0.133. The third kappa shape index (κ3) is 3.99. The highest BCUT2D eigenvalue weighted by molar-refractivity contribution is 6.30. The fourth-order valence-corrected chi connectivity index (χ4v) is 4.94. The molecule has 2 fully saturated rings. The van der Waals surface area contributed by atoms with E-state index in [4.69, 9.17) is 16.6 Å². The third-order valence-corrected chi connectivity index (χ3v) is 6.99. The summed E-state index contributed by atoms with van der Waals surface area (Å²) in [4.78, 5) is 34.6. The van der Waals surface area contributed by atoms with E-state index in [0.29, 0.717) is 23.9 Å². The summed E-state index contributed by atoms with van der Waals surface area (Å²) in [5, 5.41) is 0.643. The first-order valence-corrected chi connectivity index (χ1v) is 11.7. The van der Waals surface area contributed by atoms with Gasteiger partial charge in [0, 0.05) is 42.7 Å². The standard InChI is InChI=1S/C25H27ClN4O2/c1-17-10-12-28(13-11-17)24(32)16-30-22-5-3-2-4-21(22)27-25(30)18-14-23(31)29(15-18)20-8-6-19(26)7-9-20/h2-9,17-18H,10-16H2,1H3. The Morgan fingerprint density at radius 3 is 2.56 bits per heavy atom. The maximum atomic E-state index is 13.2. The molecule has 3 aromatic rings. The van der Waals surface area contributed by atoms with Crippen LogP contribution in [0.25, 0.3) is 11.0 Å². The summed E-state index contributed by atoms with van der Waals surface area (Å²) < 4.78 is 2.03. The number of hydrogen-bond acceptors (Lipinski definition) is 3. The highest BCUT2D eigenvalue weighted by Gasteiger charge is 2.35. The molecule has 0 saturated carbocycles. The Morgan fingerprint density at radius 2 is 1.81 bits per heavy atom. The van der Waals surface area contributed by atoms with E-state index in [1.54, 1.807) is 17.0 Å². The Kier molecular flexibility index (Phi) is 5.64. The van der Waals surface area contributed by atoms with Crippen molar-refractivity contribution in [2.75, 3.05) is 24.5 Å². The Balaban J connectivity index is 1.43. The zero-order valence-electron chi connectivity index (χ0n) is 18.2. The topological polar surface area (TPSA) is 58.4 Å². The molecule has 6 nitrogen and oxygen atoms in total. The molecule has 0 spiro atoms. The smallest absolute Gasteiger partial charge is 0.242 e. The summed E-state index contributed by atoms with van der Waals surface area (Å²) in [6, 6.07) is 15.2. The van der Waals surface area contributed by atoms with Crippen LogP contribution in [0.2, 0.25) is 5.02 Å². The average molecular weight is 451 g/mol. The fourth-order valence-electron chi connectivity index (χ4n) is 4.82. The molecular weight excluding hydrogens is 424 g/mol. The van der Waals surface area contributed by atoms with Crippen LogP contribution in [0.3, 0.4) is 0 Å². The molecule has 2 aromatic carbocycles. The van der Waals surface area contributed by atoms with Gasteiger partial charge in [0.15, 0.2) is 0 Å². The molecule has 0 aliphatic carbocycles. The van der Waals surface area contributed by atoms with Crippen molar-refractivity contribution in [2.45, 2.75) is 38.6 Å². The lowest BCUT2D eigenvalue weighted by atomic mass is 9.99. The molecule has 1 aromatic heterocycles. The number of para-hydroxylation sites is 2. The Bertz CT molecular complexity index is 1150. The van der Waals surface area contributed by atoms with Crippen LogP contribution < -0.4 is 4.90 Å². The summed E-state index contributed by atoms with van der Waals surface area (Å²) in [6.45, 7) is 4.67. The van der Waals surface area contributed by atoms with Gasteiger partial charge in [0.2, 0.25) is 11.8 Å². The number of imidazole rings is 1. The number of anilines is 1. The zero-order chi connectivity index (χ0) is 22.2. The molecule has 2 saturated heterocycles. The molecule has 32 heavy (non-hydrogen) atoms. The van der Waals surface area contributed by atoms with Crippen LogP contribution >= 0.6 is 11.6 Å². The molecule has 2 amide bonds. The summed E-state index contributed by atoms with van der Waals surface area (Å²) >= 11 is 6.01. The second-order valence-corrected chi connectivity index (χ2v) is 9.43. The molecule has 1 unspecified atom stereocenters. The second kappa shape index (κ2) is 8.58. The summed E-state index contributed by atoms with van der Waals surface area (Å²) in [6.07, 6.45) is 2.48. The maximum absolute atomic E-state index is 13.2. The van der Waals surface area contributed by atoms with E-state index in [-0.39, 0.29) is 24.3 Å². The van der Waals surface area contributed by atoms with E-state index in [0.717, 1.165) is 48.5 Å². The number of aromatic nitrogens is 2. The van der Waals surface area contributed by atoms with E-state index < -0.39 is 0 Å². The summed E-state index contributed by atoms with van der Waals surface area (Å²) in [7, 11) is 0. The highest BCUT2D eigenvalue weighted by atomic mass is 35.5. The van der Waals surface area contributed by atoms with Gasteiger partial charge in [0.05, 0.1) is 11.0 Å². The largest absolute Gasteiger partial charge is 0.341 e. The Morgan fingerprint density at radius 1 is 1.09 bits per heavy atom. The van der Waals surface area contributed by atoms with Crippen LogP contribution in [0.1, 0.15) is 37.9 Å². The number of carbonyl (C=O) groups excluding carboxylic acids is 2. The maximum Gasteiger partial charge on any atom is 0.242 e. The van der Waals surface area contributed by atoms with E-state index in [2.05, 4.69) is 6.92 Å². The van der Waals surface area contributed by atoms with Crippen molar-refractivity contribution in [3.63, 3.8) is 0 Å². The highest BCUT2D eigenvalue weighted by Crippen LogP contribution is 2.33. The Hall–Kier alpha value is -2.86. The van der Waals surface area contributed by atoms with Crippen molar-refractivity contribution in [3.05, 3.63) is 59.4 Å². The third-order valence-electron chi connectivity index (χ3n) is 6.74. The molecule has 166 valence electrons. The van der Waals surface area contributed by atoms with Crippen molar-refractivity contribution in [1.82, 2.24) is 14.5 Å². The van der Waals surface area contributed by atoms with E-state index >= 15 is 0 Å². The molecular formula is C25H27ClN4O2. The molecule has 0 radical (unpaired) electrons. The van der Waals surface area contributed by atoms with Crippen LogP contribution in [0.4, 0.5) is 5.69 Å². The van der Waals surface area contributed by atoms with Crippen molar-refractivity contribution in [3.8, 4) is 0 Å². The van der Waals surface area contributed by atoms with E-state index in [1.807, 2.05) is 45.9 Å². The van der Waals surface area contributed by atoms with Gasteiger partial charge in [-0.15, -0.1) is 0 Å². The van der Waals surface area contributed by atoms with Crippen LogP contribution in [0.5, 0.6) is 0 Å². The molecule has 5 rings (SSSR count). The number of rotatable bonds is 4. The number of hydrogen-bond donors (Lipinski definition) is 0. The van der Waals surface area contributed by atoms with Crippen molar-refractivity contribution < 1.29 is 9.59 Å². The van der Waals surface area contributed by atoms with Crippen LogP contribution in [-0.2, 0) is 16.1 Å². The number of piperidine rings is 1. The van der Waals surface area contributed by atoms with Gasteiger partial charge >= 0.3 is 0 Å². The summed E-state index contributed by atoms with van der Waals surface area (Å²) in [5.41, 5.74) is 2.64. The fraction of sp³-hybridized carbons (Fsp3) is 0.400. The van der Waals surface area contributed by atoms with Gasteiger partial charge in [-0.3, -0.25) is 9.59 Å². The molecule has 2 aliphatic heterocycles. The van der Waals surface area contributed by atoms with Gasteiger partial charge in [0.25, 0.3) is 0 Å². The predicted molar refractivity (Wildman–Crippen MR) is 126 cm³/mol. The summed E-state index contributed by atoms with van der Waals surface area (Å²) in [5.74, 6) is 1.61. The first-order chi connectivity index (χ1) is 15.5.